The van der Waals surface area contributed by atoms with E-state index in [2.05, 4.69) is 23.5 Å². The maximum Gasteiger partial charge on any atom is 0.225 e. The van der Waals surface area contributed by atoms with Gasteiger partial charge in [0.15, 0.2) is 5.78 Å². The van der Waals surface area contributed by atoms with E-state index in [1.807, 2.05) is 57.2 Å². The summed E-state index contributed by atoms with van der Waals surface area (Å²) in [6.45, 7) is 5.98. The molecule has 164 valence electrons. The summed E-state index contributed by atoms with van der Waals surface area (Å²) in [6.07, 6.45) is 5.94. The Balaban J connectivity index is 1.64. The average molecular weight is 438 g/mol. The molecule has 2 atom stereocenters. The zero-order valence-electron chi connectivity index (χ0n) is 18.7. The summed E-state index contributed by atoms with van der Waals surface area (Å²) in [6, 6.07) is 15.4. The molecule has 2 aromatic carbocycles. The highest BCUT2D eigenvalue weighted by molar-refractivity contribution is 6.30. The Kier molecular flexibility index (Phi) is 8.09. The fourth-order valence-electron chi connectivity index (χ4n) is 4.27. The molecule has 1 amide bonds. The Morgan fingerprint density at radius 2 is 1.77 bits per heavy atom. The lowest BCUT2D eigenvalue weighted by Crippen LogP contribution is -2.45. The van der Waals surface area contributed by atoms with Crippen LogP contribution in [0, 0.1) is 12.8 Å². The van der Waals surface area contributed by atoms with Gasteiger partial charge in [0.25, 0.3) is 0 Å². The summed E-state index contributed by atoms with van der Waals surface area (Å²) in [5.41, 5.74) is 4.21. The third-order valence-corrected chi connectivity index (χ3v) is 6.46. The van der Waals surface area contributed by atoms with Crippen LogP contribution in [-0.4, -0.2) is 17.7 Å². The second kappa shape index (κ2) is 10.8. The van der Waals surface area contributed by atoms with Gasteiger partial charge >= 0.3 is 0 Å². The van der Waals surface area contributed by atoms with E-state index in [9.17, 15) is 9.59 Å². The monoisotopic (exact) mass is 437 g/mol. The number of ketones is 1. The number of nitrogens with one attached hydrogen (secondary N) is 1. The average Bonchev–Trinajstić information content (AvgIpc) is 3.00. The van der Waals surface area contributed by atoms with Gasteiger partial charge in [-0.25, -0.2) is 0 Å². The highest BCUT2D eigenvalue weighted by Gasteiger charge is 2.28. The number of halogens is 1. The molecule has 2 aromatic rings. The molecule has 0 aromatic heterocycles. The number of carbonyl (C=O) groups excluding carboxylic acids is 2. The molecule has 1 aliphatic rings. The molecular weight excluding hydrogens is 406 g/mol. The summed E-state index contributed by atoms with van der Waals surface area (Å²) < 4.78 is 0. The van der Waals surface area contributed by atoms with Crippen LogP contribution in [0.1, 0.15) is 62.1 Å². The summed E-state index contributed by atoms with van der Waals surface area (Å²) in [5, 5.41) is 3.76. The molecule has 0 heterocycles. The van der Waals surface area contributed by atoms with Crippen molar-refractivity contribution in [2.45, 2.75) is 64.8 Å². The van der Waals surface area contributed by atoms with E-state index < -0.39 is 6.04 Å². The first-order chi connectivity index (χ1) is 14.8. The van der Waals surface area contributed by atoms with Crippen LogP contribution in [0.5, 0.6) is 0 Å². The minimum absolute atomic E-state index is 0.0320. The molecule has 0 fully saturated rings. The second-order valence-electron chi connectivity index (χ2n) is 8.85. The number of allylic oxidation sites excluding steroid dienone is 1. The number of benzene rings is 2. The summed E-state index contributed by atoms with van der Waals surface area (Å²) in [7, 11) is 0. The van der Waals surface area contributed by atoms with Gasteiger partial charge in [-0.15, -0.1) is 0 Å². The fraction of sp³-hybridized carbons (Fsp3) is 0.407. The molecule has 31 heavy (non-hydrogen) atoms. The second-order valence-corrected chi connectivity index (χ2v) is 9.29. The Labute approximate surface area is 190 Å². The lowest BCUT2D eigenvalue weighted by molar-refractivity contribution is -0.126. The van der Waals surface area contributed by atoms with Gasteiger partial charge in [0.05, 0.1) is 12.5 Å². The number of aryl methyl sites for hydroxylation is 1. The van der Waals surface area contributed by atoms with E-state index in [1.54, 1.807) is 0 Å². The smallest absolute Gasteiger partial charge is 0.225 e. The van der Waals surface area contributed by atoms with Crippen LogP contribution < -0.4 is 5.32 Å². The van der Waals surface area contributed by atoms with Gasteiger partial charge < -0.3 is 5.32 Å². The van der Waals surface area contributed by atoms with Crippen molar-refractivity contribution in [3.05, 3.63) is 81.9 Å². The fourth-order valence-corrected chi connectivity index (χ4v) is 4.39. The van der Waals surface area contributed by atoms with Crippen molar-refractivity contribution in [2.75, 3.05) is 0 Å². The largest absolute Gasteiger partial charge is 0.345 e. The van der Waals surface area contributed by atoms with Crippen LogP contribution >= 0.6 is 11.6 Å². The molecule has 1 aliphatic carbocycles. The van der Waals surface area contributed by atoms with Crippen molar-refractivity contribution >= 4 is 23.3 Å². The molecule has 0 aliphatic heterocycles. The maximum atomic E-state index is 13.3. The maximum absolute atomic E-state index is 13.3. The van der Waals surface area contributed by atoms with Gasteiger partial charge in [0.2, 0.25) is 5.91 Å². The zero-order chi connectivity index (χ0) is 22.4. The first kappa shape index (κ1) is 23.3. The highest BCUT2D eigenvalue weighted by atomic mass is 35.5. The molecule has 3 nitrogen and oxygen atoms in total. The summed E-state index contributed by atoms with van der Waals surface area (Å²) >= 11 is 6.02. The van der Waals surface area contributed by atoms with Gasteiger partial charge in [0, 0.05) is 5.02 Å². The molecule has 4 heteroatoms. The third kappa shape index (κ3) is 6.30. The first-order valence-electron chi connectivity index (χ1n) is 11.2. The Bertz CT molecular complexity index is 946. The molecular formula is C27H32ClNO2. The van der Waals surface area contributed by atoms with Gasteiger partial charge in [-0.3, -0.25) is 9.59 Å². The van der Waals surface area contributed by atoms with E-state index >= 15 is 0 Å². The number of hydrogen-bond acceptors (Lipinski definition) is 2. The van der Waals surface area contributed by atoms with Crippen LogP contribution in [-0.2, 0) is 16.0 Å². The van der Waals surface area contributed by atoms with Gasteiger partial charge in [0.1, 0.15) is 0 Å². The molecule has 2 unspecified atom stereocenters. The van der Waals surface area contributed by atoms with E-state index in [4.69, 9.17) is 11.6 Å². The van der Waals surface area contributed by atoms with Gasteiger partial charge in [-0.05, 0) is 78.8 Å². The lowest BCUT2D eigenvalue weighted by atomic mass is 9.89. The van der Waals surface area contributed by atoms with Crippen LogP contribution in [0.4, 0.5) is 0 Å². The van der Waals surface area contributed by atoms with Crippen molar-refractivity contribution in [1.29, 1.82) is 0 Å². The highest BCUT2D eigenvalue weighted by Crippen LogP contribution is 2.33. The van der Waals surface area contributed by atoms with Gasteiger partial charge in [-0.2, -0.15) is 0 Å². The molecule has 3 rings (SSSR count). The predicted octanol–water partition coefficient (Wildman–Crippen LogP) is 6.19. The summed E-state index contributed by atoms with van der Waals surface area (Å²) in [5.74, 6) is 0.413. The van der Waals surface area contributed by atoms with Crippen LogP contribution in [0.3, 0.4) is 0 Å². The van der Waals surface area contributed by atoms with E-state index in [0.717, 1.165) is 47.4 Å². The summed E-state index contributed by atoms with van der Waals surface area (Å²) in [4.78, 5) is 26.0. The Hall–Kier alpha value is -2.39. The van der Waals surface area contributed by atoms with Gasteiger partial charge in [-0.1, -0.05) is 67.9 Å². The molecule has 0 spiro atoms. The van der Waals surface area contributed by atoms with Crippen molar-refractivity contribution in [2.24, 2.45) is 5.92 Å². The van der Waals surface area contributed by atoms with E-state index in [0.29, 0.717) is 12.3 Å². The number of Topliss-reactive ketones (excluding diaryl/α,β-unsaturated/α-hetero) is 1. The third-order valence-electron chi connectivity index (χ3n) is 6.20. The predicted molar refractivity (Wildman–Crippen MR) is 127 cm³/mol. The normalized spacial score (nSPS) is 17.6. The van der Waals surface area contributed by atoms with Crippen LogP contribution in [0.2, 0.25) is 5.02 Å². The molecule has 1 N–H and O–H groups in total. The van der Waals surface area contributed by atoms with E-state index in [1.165, 1.54) is 5.56 Å². The van der Waals surface area contributed by atoms with Crippen molar-refractivity contribution < 1.29 is 9.59 Å². The lowest BCUT2D eigenvalue weighted by Gasteiger charge is -2.23. The standard InChI is InChI=1S/C27H32ClNO2/c1-18(2)26(29-25(30)17-23-8-5-4-7-19(23)3)27(31)22-10-6-9-20(11-12-22)21-13-15-24(28)16-14-21/h4-5,7-8,10,13-16,18,20,26H,6,9,11-12,17H2,1-3H3,(H,29,30). The van der Waals surface area contributed by atoms with Crippen molar-refractivity contribution in [3.8, 4) is 0 Å². The zero-order valence-corrected chi connectivity index (χ0v) is 19.4. The van der Waals surface area contributed by atoms with E-state index in [-0.39, 0.29) is 17.6 Å². The Morgan fingerprint density at radius 3 is 2.45 bits per heavy atom. The van der Waals surface area contributed by atoms with Crippen molar-refractivity contribution in [3.63, 3.8) is 0 Å². The topological polar surface area (TPSA) is 46.2 Å². The number of carbonyl (C=O) groups is 2. The van der Waals surface area contributed by atoms with Crippen LogP contribution in [0.15, 0.2) is 60.2 Å². The number of rotatable bonds is 7. The first-order valence-corrected chi connectivity index (χ1v) is 11.6. The Morgan fingerprint density at radius 1 is 1.06 bits per heavy atom. The molecule has 0 radical (unpaired) electrons. The molecule has 0 bridgehead atoms. The van der Waals surface area contributed by atoms with Crippen molar-refractivity contribution in [1.82, 2.24) is 5.32 Å². The minimum atomic E-state index is -0.491. The quantitative estimate of drug-likeness (QED) is 0.561. The SMILES string of the molecule is Cc1ccccc1CC(=O)NC(C(=O)C1=CCCC(c2ccc(Cl)cc2)CC1)C(C)C. The number of amides is 1. The minimum Gasteiger partial charge on any atom is -0.345 e. The van der Waals surface area contributed by atoms with Crippen LogP contribution in [0.25, 0.3) is 0 Å². The molecule has 0 saturated carbocycles. The molecule has 0 saturated heterocycles. The number of hydrogen-bond donors (Lipinski definition) is 1.